The molecule has 0 aliphatic rings. The standard InChI is InChI=1S/C11H17F2N3O2S/c1-3-4-15-10(17)9-7(14)8(18-2)11(19-9)16-5-6(12)13/h6,16H,3-5,14H2,1-2H3,(H,15,17). The Morgan fingerprint density at radius 2 is 2.21 bits per heavy atom. The molecule has 1 amide bonds. The molecule has 0 unspecified atom stereocenters. The SMILES string of the molecule is CCCNC(=O)c1sc(NCC(F)F)c(OC)c1N. The maximum absolute atomic E-state index is 12.2. The Bertz CT molecular complexity index is 438. The molecule has 0 aliphatic heterocycles. The summed E-state index contributed by atoms with van der Waals surface area (Å²) in [5.74, 6) is -0.0972. The zero-order chi connectivity index (χ0) is 14.4. The first-order valence-electron chi connectivity index (χ1n) is 5.77. The van der Waals surface area contributed by atoms with E-state index in [1.165, 1.54) is 7.11 Å². The van der Waals surface area contributed by atoms with Gasteiger partial charge in [0.05, 0.1) is 13.7 Å². The fourth-order valence-electron chi connectivity index (χ4n) is 1.41. The lowest BCUT2D eigenvalue weighted by atomic mass is 10.3. The number of nitrogens with one attached hydrogen (secondary N) is 2. The number of methoxy groups -OCH3 is 1. The van der Waals surface area contributed by atoms with Crippen LogP contribution in [-0.2, 0) is 0 Å². The van der Waals surface area contributed by atoms with E-state index in [1.54, 1.807) is 0 Å². The number of carbonyl (C=O) groups excluding carboxylic acids is 1. The maximum atomic E-state index is 12.2. The number of amides is 1. The molecule has 108 valence electrons. The van der Waals surface area contributed by atoms with Crippen molar-refractivity contribution < 1.29 is 18.3 Å². The summed E-state index contributed by atoms with van der Waals surface area (Å²) in [6.07, 6.45) is -1.70. The molecule has 1 heterocycles. The average Bonchev–Trinajstić information content (AvgIpc) is 2.69. The van der Waals surface area contributed by atoms with Crippen molar-refractivity contribution in [2.45, 2.75) is 19.8 Å². The van der Waals surface area contributed by atoms with Crippen LogP contribution in [0.2, 0.25) is 0 Å². The lowest BCUT2D eigenvalue weighted by Crippen LogP contribution is -2.23. The quantitative estimate of drug-likeness (QED) is 0.720. The maximum Gasteiger partial charge on any atom is 0.263 e. The highest BCUT2D eigenvalue weighted by atomic mass is 32.1. The molecule has 8 heteroatoms. The van der Waals surface area contributed by atoms with E-state index in [9.17, 15) is 13.6 Å². The van der Waals surface area contributed by atoms with Crippen LogP contribution in [-0.4, -0.2) is 32.5 Å². The third kappa shape index (κ3) is 3.95. The first-order valence-corrected chi connectivity index (χ1v) is 6.59. The molecule has 0 aliphatic carbocycles. The number of halogens is 2. The fourth-order valence-corrected chi connectivity index (χ4v) is 2.42. The van der Waals surface area contributed by atoms with E-state index in [-0.39, 0.29) is 22.2 Å². The van der Waals surface area contributed by atoms with Gasteiger partial charge in [-0.05, 0) is 6.42 Å². The number of thiophene rings is 1. The molecule has 0 saturated heterocycles. The molecule has 1 aromatic rings. The molecule has 0 aromatic carbocycles. The molecular formula is C11H17F2N3O2S. The average molecular weight is 293 g/mol. The predicted molar refractivity (Wildman–Crippen MR) is 72.4 cm³/mol. The lowest BCUT2D eigenvalue weighted by molar-refractivity contribution is 0.0958. The Labute approximate surface area is 114 Å². The lowest BCUT2D eigenvalue weighted by Gasteiger charge is -2.05. The van der Waals surface area contributed by atoms with Crippen molar-refractivity contribution in [2.75, 3.05) is 31.2 Å². The van der Waals surface area contributed by atoms with Crippen LogP contribution in [0.4, 0.5) is 19.5 Å². The number of hydrogen-bond donors (Lipinski definition) is 3. The van der Waals surface area contributed by atoms with Gasteiger partial charge in [0.2, 0.25) is 0 Å². The van der Waals surface area contributed by atoms with Gasteiger partial charge in [0.1, 0.15) is 15.6 Å². The molecule has 0 atom stereocenters. The molecule has 19 heavy (non-hydrogen) atoms. The molecule has 0 bridgehead atoms. The highest BCUT2D eigenvalue weighted by molar-refractivity contribution is 7.19. The second-order valence-corrected chi connectivity index (χ2v) is 4.76. The van der Waals surface area contributed by atoms with Gasteiger partial charge in [-0.1, -0.05) is 6.92 Å². The zero-order valence-electron chi connectivity index (χ0n) is 10.8. The molecule has 4 N–H and O–H groups in total. The molecule has 0 spiro atoms. The van der Waals surface area contributed by atoms with Gasteiger partial charge in [-0.25, -0.2) is 8.78 Å². The van der Waals surface area contributed by atoms with E-state index in [4.69, 9.17) is 10.5 Å². The van der Waals surface area contributed by atoms with Crippen molar-refractivity contribution in [1.29, 1.82) is 0 Å². The van der Waals surface area contributed by atoms with Crippen molar-refractivity contribution in [3.05, 3.63) is 4.88 Å². The fraction of sp³-hybridized carbons (Fsp3) is 0.545. The van der Waals surface area contributed by atoms with Crippen LogP contribution in [0.25, 0.3) is 0 Å². The van der Waals surface area contributed by atoms with Crippen molar-refractivity contribution in [2.24, 2.45) is 0 Å². The van der Waals surface area contributed by atoms with Crippen molar-refractivity contribution >= 4 is 27.9 Å². The second-order valence-electron chi connectivity index (χ2n) is 3.74. The van der Waals surface area contributed by atoms with Crippen LogP contribution in [0.1, 0.15) is 23.0 Å². The number of nitrogen functional groups attached to an aromatic ring is 1. The molecular weight excluding hydrogens is 276 g/mol. The van der Waals surface area contributed by atoms with Gasteiger partial charge in [-0.15, -0.1) is 11.3 Å². The van der Waals surface area contributed by atoms with Crippen molar-refractivity contribution in [3.8, 4) is 5.75 Å². The summed E-state index contributed by atoms with van der Waals surface area (Å²) < 4.78 is 29.4. The van der Waals surface area contributed by atoms with Crippen LogP contribution in [0.3, 0.4) is 0 Å². The van der Waals surface area contributed by atoms with Crippen LogP contribution in [0.5, 0.6) is 5.75 Å². The minimum absolute atomic E-state index is 0.165. The highest BCUT2D eigenvalue weighted by Gasteiger charge is 2.22. The summed E-state index contributed by atoms with van der Waals surface area (Å²) in [7, 11) is 1.37. The van der Waals surface area contributed by atoms with E-state index in [0.717, 1.165) is 17.8 Å². The number of nitrogens with two attached hydrogens (primary N) is 1. The third-order valence-electron chi connectivity index (χ3n) is 2.26. The number of anilines is 2. The second kappa shape index (κ2) is 7.13. The molecule has 0 radical (unpaired) electrons. The van der Waals surface area contributed by atoms with Gasteiger partial charge in [-0.2, -0.15) is 0 Å². The van der Waals surface area contributed by atoms with Gasteiger partial charge in [-0.3, -0.25) is 4.79 Å². The molecule has 5 nitrogen and oxygen atoms in total. The Morgan fingerprint density at radius 1 is 1.53 bits per heavy atom. The Hall–Kier alpha value is -1.57. The predicted octanol–water partition coefficient (Wildman–Crippen LogP) is 2.16. The highest BCUT2D eigenvalue weighted by Crippen LogP contribution is 2.42. The van der Waals surface area contributed by atoms with E-state index < -0.39 is 13.0 Å². The Balaban J connectivity index is 2.91. The van der Waals surface area contributed by atoms with Gasteiger partial charge < -0.3 is 21.1 Å². The summed E-state index contributed by atoms with van der Waals surface area (Å²) in [6, 6.07) is 0. The van der Waals surface area contributed by atoms with E-state index >= 15 is 0 Å². The van der Waals surface area contributed by atoms with Crippen LogP contribution in [0.15, 0.2) is 0 Å². The zero-order valence-corrected chi connectivity index (χ0v) is 11.6. The van der Waals surface area contributed by atoms with Crippen molar-refractivity contribution in [3.63, 3.8) is 0 Å². The largest absolute Gasteiger partial charge is 0.492 e. The number of carbonyl (C=O) groups is 1. The summed E-state index contributed by atoms with van der Waals surface area (Å²) in [5.41, 5.74) is 5.96. The Morgan fingerprint density at radius 3 is 2.74 bits per heavy atom. The van der Waals surface area contributed by atoms with Crippen LogP contribution < -0.4 is 21.1 Å². The number of ether oxygens (including phenoxy) is 1. The summed E-state index contributed by atoms with van der Waals surface area (Å²) >= 11 is 1.00. The van der Waals surface area contributed by atoms with Crippen molar-refractivity contribution in [1.82, 2.24) is 5.32 Å². The smallest absolute Gasteiger partial charge is 0.263 e. The Kier molecular flexibility index (Phi) is 5.81. The first-order chi connectivity index (χ1) is 9.01. The molecule has 0 saturated carbocycles. The topological polar surface area (TPSA) is 76.4 Å². The number of alkyl halides is 2. The summed E-state index contributed by atoms with van der Waals surface area (Å²) in [6.45, 7) is 1.93. The summed E-state index contributed by atoms with van der Waals surface area (Å²) in [5, 5.41) is 5.53. The minimum atomic E-state index is -2.50. The molecule has 1 aromatic heterocycles. The first kappa shape index (κ1) is 15.5. The number of rotatable bonds is 7. The van der Waals surface area contributed by atoms with Crippen LogP contribution >= 0.6 is 11.3 Å². The van der Waals surface area contributed by atoms with E-state index in [0.29, 0.717) is 11.5 Å². The molecule has 1 rings (SSSR count). The monoisotopic (exact) mass is 293 g/mol. The van der Waals surface area contributed by atoms with Crippen LogP contribution in [0, 0.1) is 0 Å². The third-order valence-corrected chi connectivity index (χ3v) is 3.41. The van der Waals surface area contributed by atoms with E-state index in [1.807, 2.05) is 6.92 Å². The van der Waals surface area contributed by atoms with Gasteiger partial charge in [0, 0.05) is 6.54 Å². The normalized spacial score (nSPS) is 10.6. The van der Waals surface area contributed by atoms with E-state index in [2.05, 4.69) is 10.6 Å². The van der Waals surface area contributed by atoms with Gasteiger partial charge >= 0.3 is 0 Å². The van der Waals surface area contributed by atoms with Gasteiger partial charge in [0.15, 0.2) is 5.75 Å². The summed E-state index contributed by atoms with van der Waals surface area (Å²) in [4.78, 5) is 12.1. The number of hydrogen-bond acceptors (Lipinski definition) is 5. The van der Waals surface area contributed by atoms with Gasteiger partial charge in [0.25, 0.3) is 12.3 Å². The minimum Gasteiger partial charge on any atom is -0.492 e. The molecule has 0 fully saturated rings.